The number of hydrogen-bond acceptors (Lipinski definition) is 6. The molecule has 1 amide bonds. The molecule has 1 fully saturated rings. The fourth-order valence-corrected chi connectivity index (χ4v) is 3.61. The largest absolute Gasteiger partial charge is 0.478 e. The van der Waals surface area contributed by atoms with Gasteiger partial charge in [0.25, 0.3) is 11.1 Å². The van der Waals surface area contributed by atoms with Gasteiger partial charge in [0.05, 0.1) is 0 Å². The van der Waals surface area contributed by atoms with Crippen molar-refractivity contribution in [2.45, 2.75) is 42.4 Å². The van der Waals surface area contributed by atoms with Gasteiger partial charge in [-0.25, -0.2) is 4.39 Å². The first-order valence-corrected chi connectivity index (χ1v) is 10.2. The summed E-state index contributed by atoms with van der Waals surface area (Å²) in [6, 6.07) is 15.8. The molecule has 1 aliphatic carbocycles. The fraction of sp³-hybridized carbons (Fsp3) is 0.286. The zero-order valence-corrected chi connectivity index (χ0v) is 16.6. The number of nitrogens with zero attached hydrogens (tertiary/aromatic N) is 2. The summed E-state index contributed by atoms with van der Waals surface area (Å²) in [6.07, 6.45) is 1.38. The molecule has 0 unspecified atom stereocenters. The van der Waals surface area contributed by atoms with Crippen molar-refractivity contribution in [3.05, 3.63) is 71.9 Å². The van der Waals surface area contributed by atoms with Crippen molar-refractivity contribution in [1.29, 1.82) is 0 Å². The molecule has 2 aromatic carbocycles. The maximum Gasteiger partial charge on any atom is 0.277 e. The molecule has 0 bridgehead atoms. The molecule has 8 heteroatoms. The van der Waals surface area contributed by atoms with Crippen LogP contribution in [0.1, 0.15) is 42.6 Å². The van der Waals surface area contributed by atoms with Gasteiger partial charge in [-0.2, -0.15) is 0 Å². The van der Waals surface area contributed by atoms with E-state index in [-0.39, 0.29) is 28.8 Å². The topological polar surface area (TPSA) is 77.2 Å². The Bertz CT molecular complexity index is 978. The van der Waals surface area contributed by atoms with Gasteiger partial charge in [-0.3, -0.25) is 4.79 Å². The number of carbonyl (C=O) groups is 1. The van der Waals surface area contributed by atoms with Crippen LogP contribution in [0.4, 0.5) is 4.39 Å². The van der Waals surface area contributed by atoms with Crippen LogP contribution in [0.25, 0.3) is 0 Å². The summed E-state index contributed by atoms with van der Waals surface area (Å²) in [4.78, 5) is 12.7. The summed E-state index contributed by atoms with van der Waals surface area (Å²) in [7, 11) is 0. The molecule has 2 atom stereocenters. The van der Waals surface area contributed by atoms with Gasteiger partial charge in [-0.1, -0.05) is 42.5 Å². The molecule has 0 saturated heterocycles. The van der Waals surface area contributed by atoms with Gasteiger partial charge < -0.3 is 14.5 Å². The van der Waals surface area contributed by atoms with Gasteiger partial charge in [0.1, 0.15) is 5.25 Å². The lowest BCUT2D eigenvalue weighted by Crippen LogP contribution is -2.29. The van der Waals surface area contributed by atoms with E-state index >= 15 is 0 Å². The monoisotopic (exact) mass is 413 g/mol. The Labute approximate surface area is 171 Å². The van der Waals surface area contributed by atoms with Crippen LogP contribution in [0.15, 0.2) is 64.2 Å². The molecule has 6 nitrogen and oxygen atoms in total. The van der Waals surface area contributed by atoms with E-state index in [1.165, 1.54) is 23.9 Å². The van der Waals surface area contributed by atoms with Crippen LogP contribution in [0.5, 0.6) is 5.75 Å². The third-order valence-corrected chi connectivity index (χ3v) is 5.48. The summed E-state index contributed by atoms with van der Waals surface area (Å²) >= 11 is 1.19. The van der Waals surface area contributed by atoms with Gasteiger partial charge in [-0.05, 0) is 49.2 Å². The summed E-state index contributed by atoms with van der Waals surface area (Å²) in [6.45, 7) is 1.70. The Balaban J connectivity index is 1.48. The predicted molar refractivity (Wildman–Crippen MR) is 106 cm³/mol. The Hall–Kier alpha value is -2.87. The van der Waals surface area contributed by atoms with Crippen LogP contribution >= 0.6 is 11.8 Å². The lowest BCUT2D eigenvalue weighted by Gasteiger charge is -2.15. The first kappa shape index (κ1) is 19.4. The van der Waals surface area contributed by atoms with Gasteiger partial charge in [-0.15, -0.1) is 10.2 Å². The highest BCUT2D eigenvalue weighted by atomic mass is 32.2. The van der Waals surface area contributed by atoms with E-state index in [9.17, 15) is 9.18 Å². The predicted octanol–water partition coefficient (Wildman–Crippen LogP) is 4.46. The molecule has 29 heavy (non-hydrogen) atoms. The number of amides is 1. The summed E-state index contributed by atoms with van der Waals surface area (Å²) < 4.78 is 25.1. The quantitative estimate of drug-likeness (QED) is 0.550. The van der Waals surface area contributed by atoms with E-state index < -0.39 is 17.2 Å². The van der Waals surface area contributed by atoms with Crippen LogP contribution < -0.4 is 10.1 Å². The Morgan fingerprint density at radius 2 is 1.90 bits per heavy atom. The molecule has 150 valence electrons. The highest BCUT2D eigenvalue weighted by Crippen LogP contribution is 2.36. The Morgan fingerprint density at radius 3 is 2.62 bits per heavy atom. The van der Waals surface area contributed by atoms with Gasteiger partial charge in [0.2, 0.25) is 5.91 Å². The normalized spacial score (nSPS) is 15.5. The highest BCUT2D eigenvalue weighted by molar-refractivity contribution is 8.00. The van der Waals surface area contributed by atoms with E-state index in [1.54, 1.807) is 19.1 Å². The van der Waals surface area contributed by atoms with E-state index in [2.05, 4.69) is 15.5 Å². The van der Waals surface area contributed by atoms with Crippen molar-refractivity contribution in [1.82, 2.24) is 15.5 Å². The van der Waals surface area contributed by atoms with E-state index in [1.807, 2.05) is 30.3 Å². The minimum absolute atomic E-state index is 0.0842. The first-order valence-electron chi connectivity index (χ1n) is 9.36. The van der Waals surface area contributed by atoms with E-state index in [0.717, 1.165) is 18.4 Å². The van der Waals surface area contributed by atoms with Crippen LogP contribution in [0, 0.1) is 5.82 Å². The van der Waals surface area contributed by atoms with Crippen molar-refractivity contribution in [2.75, 3.05) is 0 Å². The van der Waals surface area contributed by atoms with Gasteiger partial charge in [0.15, 0.2) is 17.7 Å². The van der Waals surface area contributed by atoms with Crippen LogP contribution in [0.2, 0.25) is 0 Å². The number of nitrogens with one attached hydrogen (secondary N) is 1. The maximum absolute atomic E-state index is 13.8. The molecule has 0 aliphatic heterocycles. The molecule has 1 aliphatic rings. The Kier molecular flexibility index (Phi) is 5.80. The number of halogens is 1. The number of carbonyl (C=O) groups excluding carboxylic acids is 1. The average molecular weight is 413 g/mol. The minimum atomic E-state index is -0.635. The third-order valence-electron chi connectivity index (χ3n) is 4.39. The summed E-state index contributed by atoms with van der Waals surface area (Å²) in [5.74, 6) is -0.225. The van der Waals surface area contributed by atoms with Crippen LogP contribution in [0.3, 0.4) is 0 Å². The minimum Gasteiger partial charge on any atom is -0.478 e. The number of ether oxygens (including phenoxy) is 1. The molecule has 3 aromatic rings. The second-order valence-corrected chi connectivity index (χ2v) is 7.84. The second-order valence-electron chi connectivity index (χ2n) is 6.79. The van der Waals surface area contributed by atoms with Gasteiger partial charge in [0, 0.05) is 6.04 Å². The highest BCUT2D eigenvalue weighted by Gasteiger charge is 2.30. The lowest BCUT2D eigenvalue weighted by atomic mass is 10.1. The third kappa shape index (κ3) is 4.95. The smallest absolute Gasteiger partial charge is 0.277 e. The van der Waals surface area contributed by atoms with E-state index in [0.29, 0.717) is 0 Å². The molecular weight excluding hydrogens is 393 g/mol. The number of aromatic nitrogens is 2. The molecule has 0 spiro atoms. The standard InChI is InChI=1S/C21H20FN3O3S/c1-13(27-17-10-6-5-9-16(17)22)20-24-25-21(28-20)29-18(14-7-3-2-4-8-14)19(26)23-15-11-12-15/h2-10,13,15,18H,11-12H2,1H3,(H,23,26)/t13-,18+/m0/s1. The number of para-hydroxylation sites is 1. The first-order chi connectivity index (χ1) is 14.1. The van der Waals surface area contributed by atoms with Crippen molar-refractivity contribution >= 4 is 17.7 Å². The van der Waals surface area contributed by atoms with Gasteiger partial charge >= 0.3 is 0 Å². The van der Waals surface area contributed by atoms with E-state index in [4.69, 9.17) is 9.15 Å². The second kappa shape index (κ2) is 8.65. The van der Waals surface area contributed by atoms with Crippen molar-refractivity contribution in [3.8, 4) is 5.75 Å². The Morgan fingerprint density at radius 1 is 1.17 bits per heavy atom. The van der Waals surface area contributed by atoms with Crippen molar-refractivity contribution in [2.24, 2.45) is 0 Å². The summed E-state index contributed by atoms with van der Waals surface area (Å²) in [5.41, 5.74) is 0.853. The molecule has 1 aromatic heterocycles. The average Bonchev–Trinajstić information content (AvgIpc) is 3.42. The van der Waals surface area contributed by atoms with Crippen LogP contribution in [-0.2, 0) is 4.79 Å². The fourth-order valence-electron chi connectivity index (χ4n) is 2.72. The zero-order chi connectivity index (χ0) is 20.2. The SMILES string of the molecule is C[C@H](Oc1ccccc1F)c1nnc(S[C@@H](C(=O)NC2CC2)c2ccccc2)o1. The summed E-state index contributed by atoms with van der Waals surface area (Å²) in [5, 5.41) is 10.8. The lowest BCUT2D eigenvalue weighted by molar-refractivity contribution is -0.120. The number of hydrogen-bond donors (Lipinski definition) is 1. The van der Waals surface area contributed by atoms with Crippen molar-refractivity contribution in [3.63, 3.8) is 0 Å². The van der Waals surface area contributed by atoms with Crippen molar-refractivity contribution < 1.29 is 18.3 Å². The molecular formula is C21H20FN3O3S. The number of thioether (sulfide) groups is 1. The molecule has 1 heterocycles. The molecule has 0 radical (unpaired) electrons. The number of rotatable bonds is 8. The van der Waals surface area contributed by atoms with Crippen LogP contribution in [-0.4, -0.2) is 22.1 Å². The molecule has 1 saturated carbocycles. The number of benzene rings is 2. The molecule has 1 N–H and O–H groups in total. The zero-order valence-electron chi connectivity index (χ0n) is 15.7. The maximum atomic E-state index is 13.8. The molecule has 4 rings (SSSR count).